The van der Waals surface area contributed by atoms with E-state index >= 15 is 0 Å². The van der Waals surface area contributed by atoms with Crippen molar-refractivity contribution in [2.75, 3.05) is 0 Å². The fourth-order valence-corrected chi connectivity index (χ4v) is 5.34. The van der Waals surface area contributed by atoms with Crippen LogP contribution in [0.15, 0.2) is 51.2 Å². The number of aliphatic hydroxyl groups is 2. The van der Waals surface area contributed by atoms with Crippen LogP contribution in [0.3, 0.4) is 0 Å². The summed E-state index contributed by atoms with van der Waals surface area (Å²) in [5, 5.41) is 38.0. The van der Waals surface area contributed by atoms with Crippen molar-refractivity contribution in [3.05, 3.63) is 61.7 Å². The van der Waals surface area contributed by atoms with Crippen LogP contribution in [0.25, 0.3) is 0 Å². The Labute approximate surface area is 179 Å². The molecule has 12 heteroatoms. The Balaban J connectivity index is 2.09. The van der Waals surface area contributed by atoms with Crippen LogP contribution < -0.4 is 11.5 Å². The average Bonchev–Trinajstić information content (AvgIpc) is 2.74. The molecule has 0 heterocycles. The molecule has 0 saturated carbocycles. The Morgan fingerprint density at radius 1 is 1.19 bits per heavy atom. The van der Waals surface area contributed by atoms with Crippen LogP contribution in [-0.2, 0) is 9.59 Å². The zero-order chi connectivity index (χ0) is 23.7. The summed E-state index contributed by atoms with van der Waals surface area (Å²) in [4.78, 5) is 61.9. The number of carbonyl (C=O) groups excluding carboxylic acids is 3. The van der Waals surface area contributed by atoms with E-state index in [9.17, 15) is 39.5 Å². The predicted molar refractivity (Wildman–Crippen MR) is 107 cm³/mol. The van der Waals surface area contributed by atoms with Gasteiger partial charge in [0.25, 0.3) is 5.91 Å². The normalized spacial score (nSPS) is 33.9. The van der Waals surface area contributed by atoms with Crippen LogP contribution in [0, 0.1) is 21.6 Å². The van der Waals surface area contributed by atoms with Crippen LogP contribution in [0.1, 0.15) is 28.8 Å². The first-order valence-electron chi connectivity index (χ1n) is 9.56. The summed E-state index contributed by atoms with van der Waals surface area (Å²) < 4.78 is 0. The monoisotopic (exact) mass is 442 g/mol. The quantitative estimate of drug-likeness (QED) is 0.314. The second-order valence-corrected chi connectivity index (χ2v) is 8.09. The molecule has 12 nitrogen and oxygen atoms in total. The van der Waals surface area contributed by atoms with Gasteiger partial charge in [-0.3, -0.25) is 14.4 Å². The van der Waals surface area contributed by atoms with Gasteiger partial charge in [-0.2, -0.15) is 0 Å². The Morgan fingerprint density at radius 3 is 2.41 bits per heavy atom. The Bertz CT molecular complexity index is 1190. The Morgan fingerprint density at radius 2 is 1.84 bits per heavy atom. The molecule has 0 aromatic heterocycles. The topological polar surface area (TPSA) is 223 Å². The predicted octanol–water partition coefficient (Wildman–Crippen LogP) is 0.0320. The minimum Gasteiger partial charge on any atom is -0.509 e. The van der Waals surface area contributed by atoms with E-state index in [-0.39, 0.29) is 5.56 Å². The molecular weight excluding hydrogens is 424 g/mol. The lowest BCUT2D eigenvalue weighted by Crippen LogP contribution is -2.67. The van der Waals surface area contributed by atoms with Crippen LogP contribution in [0.5, 0.6) is 5.75 Å². The number of hydrogen-bond donors (Lipinski definition) is 5. The van der Waals surface area contributed by atoms with Gasteiger partial charge >= 0.3 is 0 Å². The lowest BCUT2D eigenvalue weighted by molar-refractivity contribution is -0.130. The highest BCUT2D eigenvalue weighted by molar-refractivity contribution is 6.25. The number of nitrogens with two attached hydrogens (primary N) is 2. The maximum atomic E-state index is 13.3. The molecule has 0 spiro atoms. The highest BCUT2D eigenvalue weighted by Crippen LogP contribution is 2.56. The summed E-state index contributed by atoms with van der Waals surface area (Å²) in [6.07, 6.45) is -1.74. The number of Topliss-reactive ketones (excluding diaryl/α,β-unsaturated/α-hetero) is 2. The number of ketones is 2. The summed E-state index contributed by atoms with van der Waals surface area (Å²) in [6, 6.07) is 2.60. The van der Waals surface area contributed by atoms with Crippen molar-refractivity contribution in [2.24, 2.45) is 33.7 Å². The van der Waals surface area contributed by atoms with Gasteiger partial charge in [-0.05, 0) is 27.9 Å². The lowest BCUT2D eigenvalue weighted by atomic mass is 9.54. The molecule has 3 aliphatic carbocycles. The van der Waals surface area contributed by atoms with Crippen molar-refractivity contribution in [3.8, 4) is 5.75 Å². The molecule has 32 heavy (non-hydrogen) atoms. The molecule has 0 radical (unpaired) electrons. The second kappa shape index (κ2) is 6.87. The highest BCUT2D eigenvalue weighted by Gasteiger charge is 2.68. The number of benzene rings is 1. The third-order valence-corrected chi connectivity index (χ3v) is 6.76. The molecule has 3 aliphatic rings. The van der Waals surface area contributed by atoms with E-state index < -0.39 is 81.3 Å². The van der Waals surface area contributed by atoms with Gasteiger partial charge in [-0.25, -0.2) is 0 Å². The first kappa shape index (κ1) is 21.5. The first-order valence-corrected chi connectivity index (χ1v) is 9.56. The third-order valence-electron chi connectivity index (χ3n) is 6.76. The second-order valence-electron chi connectivity index (χ2n) is 8.09. The van der Waals surface area contributed by atoms with Crippen LogP contribution in [-0.4, -0.2) is 50.5 Å². The van der Waals surface area contributed by atoms with Crippen LogP contribution in [0.4, 0.5) is 0 Å². The van der Waals surface area contributed by atoms with E-state index in [0.717, 1.165) is 0 Å². The van der Waals surface area contributed by atoms with Gasteiger partial charge < -0.3 is 26.8 Å². The van der Waals surface area contributed by atoms with E-state index in [4.69, 9.17) is 11.5 Å². The lowest BCUT2D eigenvalue weighted by Gasteiger charge is -2.50. The molecule has 6 atom stereocenters. The van der Waals surface area contributed by atoms with Gasteiger partial charge in [0.1, 0.15) is 22.8 Å². The van der Waals surface area contributed by atoms with Crippen molar-refractivity contribution < 1.29 is 29.7 Å². The zero-order valence-corrected chi connectivity index (χ0v) is 16.6. The maximum Gasteiger partial charge on any atom is 0.254 e. The van der Waals surface area contributed by atoms with Crippen molar-refractivity contribution in [1.82, 2.24) is 0 Å². The summed E-state index contributed by atoms with van der Waals surface area (Å²) >= 11 is 0. The molecule has 1 aromatic rings. The molecule has 0 fully saturated rings. The van der Waals surface area contributed by atoms with Gasteiger partial charge in [0.15, 0.2) is 5.78 Å². The smallest absolute Gasteiger partial charge is 0.254 e. The minimum absolute atomic E-state index is 0.169. The van der Waals surface area contributed by atoms with Crippen molar-refractivity contribution >= 4 is 17.5 Å². The number of phenolic OH excluding ortho intramolecular Hbond substituents is 1. The molecule has 1 aromatic carbocycles. The molecule has 7 N–H and O–H groups in total. The number of hydrogen-bond acceptors (Lipinski definition) is 11. The number of fused-ring (bicyclic) bond motifs is 3. The van der Waals surface area contributed by atoms with Gasteiger partial charge in [0.2, 0.25) is 11.3 Å². The number of phenols is 1. The largest absolute Gasteiger partial charge is 0.509 e. The first-order chi connectivity index (χ1) is 15.1. The van der Waals surface area contributed by atoms with E-state index in [1.165, 1.54) is 12.1 Å². The number of rotatable bonds is 3. The van der Waals surface area contributed by atoms with Gasteiger partial charge in [-0.15, -0.1) is 9.81 Å². The number of amides is 1. The summed E-state index contributed by atoms with van der Waals surface area (Å²) in [7, 11) is 0. The number of nitroso groups, excluding NO2 is 2. The molecule has 0 saturated heterocycles. The Hall–Kier alpha value is -3.77. The molecule has 166 valence electrons. The summed E-state index contributed by atoms with van der Waals surface area (Å²) in [5.41, 5.74) is 6.20. The van der Waals surface area contributed by atoms with E-state index in [2.05, 4.69) is 10.4 Å². The van der Waals surface area contributed by atoms with Crippen molar-refractivity contribution in [3.63, 3.8) is 0 Å². The number of carbonyl (C=O) groups is 3. The summed E-state index contributed by atoms with van der Waals surface area (Å²) in [6.45, 7) is 1.60. The van der Waals surface area contributed by atoms with Crippen LogP contribution >= 0.6 is 0 Å². The van der Waals surface area contributed by atoms with Crippen molar-refractivity contribution in [1.29, 1.82) is 0 Å². The average molecular weight is 442 g/mol. The molecular formula is C20H18N4O8. The zero-order valence-electron chi connectivity index (χ0n) is 16.6. The van der Waals surface area contributed by atoms with Crippen molar-refractivity contribution in [2.45, 2.75) is 30.5 Å². The van der Waals surface area contributed by atoms with E-state index in [1.807, 2.05) is 0 Å². The Kier molecular flexibility index (Phi) is 4.61. The SMILES string of the molecule is CC1c2cccc(O)c2C(=O)C2=C(O)C3(N=O)C(=O)C(C(N)=O)=C(N=O)C(N)C3C(O)C21. The highest BCUT2D eigenvalue weighted by atomic mass is 16.3. The maximum absolute atomic E-state index is 13.3. The molecule has 0 aliphatic heterocycles. The third kappa shape index (κ3) is 2.30. The van der Waals surface area contributed by atoms with Gasteiger partial charge in [-0.1, -0.05) is 19.1 Å². The number of nitrogens with zero attached hydrogens (tertiary/aromatic N) is 2. The molecule has 4 rings (SSSR count). The van der Waals surface area contributed by atoms with Gasteiger partial charge in [0, 0.05) is 11.5 Å². The number of aliphatic hydroxyl groups excluding tert-OH is 2. The fourth-order valence-electron chi connectivity index (χ4n) is 5.34. The standard InChI is InChI=1S/C20H18N4O8/c1-5-6-3-2-4-7(25)9(6)15(26)10-8(5)16(27)12-13(21)14(23-31)11(19(22)30)18(29)20(12,24-32)17(10)28/h2-5,8,12-13,16,25,27-28H,21H2,1H3,(H2,22,30). The minimum atomic E-state index is -2.89. The molecule has 1 amide bonds. The van der Waals surface area contributed by atoms with Crippen LogP contribution in [0.2, 0.25) is 0 Å². The molecule has 0 bridgehead atoms. The number of primary amides is 1. The van der Waals surface area contributed by atoms with E-state index in [1.54, 1.807) is 13.0 Å². The summed E-state index contributed by atoms with van der Waals surface area (Å²) in [5.74, 6) is -8.95. The van der Waals surface area contributed by atoms with E-state index in [0.29, 0.717) is 5.56 Å². The molecule has 6 unspecified atom stereocenters. The van der Waals surface area contributed by atoms with Gasteiger partial charge in [0.05, 0.1) is 23.6 Å². The number of aromatic hydroxyl groups is 1. The fraction of sp³-hybridized carbons (Fsp3) is 0.350.